The molecule has 0 heterocycles. The first-order valence-corrected chi connectivity index (χ1v) is 6.26. The van der Waals surface area contributed by atoms with Crippen LogP contribution in [0.3, 0.4) is 0 Å². The molecule has 18 heavy (non-hydrogen) atoms. The number of ether oxygens (including phenoxy) is 1. The highest BCUT2D eigenvalue weighted by molar-refractivity contribution is 9.10. The van der Waals surface area contributed by atoms with Gasteiger partial charge in [0.05, 0.1) is 11.6 Å². The van der Waals surface area contributed by atoms with Gasteiger partial charge in [0, 0.05) is 19.5 Å². The molecule has 0 unspecified atom stereocenters. The molecule has 6 heteroatoms. The van der Waals surface area contributed by atoms with Gasteiger partial charge in [-0.15, -0.1) is 12.4 Å². The van der Waals surface area contributed by atoms with E-state index < -0.39 is 0 Å². The zero-order chi connectivity index (χ0) is 12.7. The standard InChI is InChI=1S/C12H17BrN2O2.ClH/c1-17-11-4-2-9(8-10(11)13)3-5-12(16)15-7-6-14;/h2,4,8H,3,5-7,14H2,1H3,(H,15,16);1H. The van der Waals surface area contributed by atoms with Crippen molar-refractivity contribution in [3.05, 3.63) is 28.2 Å². The third-order valence-corrected chi connectivity index (χ3v) is 2.94. The maximum atomic E-state index is 11.4. The van der Waals surface area contributed by atoms with Gasteiger partial charge in [-0.3, -0.25) is 4.79 Å². The van der Waals surface area contributed by atoms with Crippen LogP contribution in [0.2, 0.25) is 0 Å². The number of halogens is 2. The van der Waals surface area contributed by atoms with Crippen molar-refractivity contribution < 1.29 is 9.53 Å². The zero-order valence-corrected chi connectivity index (χ0v) is 12.6. The van der Waals surface area contributed by atoms with Crippen molar-refractivity contribution in [1.29, 1.82) is 0 Å². The number of hydrogen-bond acceptors (Lipinski definition) is 3. The highest BCUT2D eigenvalue weighted by Gasteiger charge is 2.04. The predicted octanol–water partition coefficient (Wildman–Crippen LogP) is 1.89. The largest absolute Gasteiger partial charge is 0.496 e. The smallest absolute Gasteiger partial charge is 0.220 e. The molecule has 3 N–H and O–H groups in total. The fourth-order valence-corrected chi connectivity index (χ4v) is 2.01. The number of benzene rings is 1. The molecule has 0 bridgehead atoms. The Hall–Kier alpha value is -0.780. The normalized spacial score (nSPS) is 9.50. The predicted molar refractivity (Wildman–Crippen MR) is 78.3 cm³/mol. The van der Waals surface area contributed by atoms with Crippen LogP contribution in [0.25, 0.3) is 0 Å². The van der Waals surface area contributed by atoms with E-state index in [0.29, 0.717) is 25.9 Å². The minimum absolute atomic E-state index is 0. The van der Waals surface area contributed by atoms with Crippen LogP contribution >= 0.6 is 28.3 Å². The van der Waals surface area contributed by atoms with Crippen LogP contribution in [0, 0.1) is 0 Å². The van der Waals surface area contributed by atoms with E-state index in [9.17, 15) is 4.79 Å². The first-order chi connectivity index (χ1) is 8.17. The number of aryl methyl sites for hydroxylation is 1. The van der Waals surface area contributed by atoms with Crippen LogP contribution < -0.4 is 15.8 Å². The number of amides is 1. The molecule has 0 fully saturated rings. The lowest BCUT2D eigenvalue weighted by molar-refractivity contribution is -0.120. The van der Waals surface area contributed by atoms with Gasteiger partial charge >= 0.3 is 0 Å². The summed E-state index contributed by atoms with van der Waals surface area (Å²) in [6.45, 7) is 1.00. The molecule has 0 aromatic heterocycles. The Bertz CT molecular complexity index is 388. The Morgan fingerprint density at radius 2 is 2.22 bits per heavy atom. The molecule has 0 saturated carbocycles. The topological polar surface area (TPSA) is 64.3 Å². The number of carbonyl (C=O) groups excluding carboxylic acids is 1. The van der Waals surface area contributed by atoms with E-state index in [1.807, 2.05) is 18.2 Å². The second-order valence-electron chi connectivity index (χ2n) is 3.61. The summed E-state index contributed by atoms with van der Waals surface area (Å²) < 4.78 is 6.04. The van der Waals surface area contributed by atoms with E-state index in [2.05, 4.69) is 21.2 Å². The molecule has 102 valence electrons. The lowest BCUT2D eigenvalue weighted by Crippen LogP contribution is -2.29. The summed E-state index contributed by atoms with van der Waals surface area (Å²) in [4.78, 5) is 11.4. The summed E-state index contributed by atoms with van der Waals surface area (Å²) in [7, 11) is 1.63. The maximum absolute atomic E-state index is 11.4. The summed E-state index contributed by atoms with van der Waals surface area (Å²) in [5.74, 6) is 0.823. The van der Waals surface area contributed by atoms with E-state index in [0.717, 1.165) is 15.8 Å². The van der Waals surface area contributed by atoms with E-state index in [-0.39, 0.29) is 18.3 Å². The Labute approximate surface area is 122 Å². The summed E-state index contributed by atoms with van der Waals surface area (Å²) >= 11 is 3.41. The molecule has 0 aliphatic carbocycles. The van der Waals surface area contributed by atoms with Crippen LogP contribution in [-0.4, -0.2) is 26.1 Å². The molecule has 4 nitrogen and oxygen atoms in total. The van der Waals surface area contributed by atoms with Crippen LogP contribution in [0.15, 0.2) is 22.7 Å². The van der Waals surface area contributed by atoms with Crippen molar-refractivity contribution in [3.8, 4) is 5.75 Å². The van der Waals surface area contributed by atoms with Gasteiger partial charge in [-0.25, -0.2) is 0 Å². The molecule has 1 aromatic carbocycles. The molecule has 0 aliphatic heterocycles. The molecule has 0 spiro atoms. The number of rotatable bonds is 6. The molecular formula is C12H18BrClN2O2. The highest BCUT2D eigenvalue weighted by atomic mass is 79.9. The lowest BCUT2D eigenvalue weighted by atomic mass is 10.1. The highest BCUT2D eigenvalue weighted by Crippen LogP contribution is 2.25. The first-order valence-electron chi connectivity index (χ1n) is 5.46. The van der Waals surface area contributed by atoms with Crippen LogP contribution in [0.4, 0.5) is 0 Å². The van der Waals surface area contributed by atoms with Gasteiger partial charge in [0.2, 0.25) is 5.91 Å². The summed E-state index contributed by atoms with van der Waals surface area (Å²) in [5, 5.41) is 2.74. The van der Waals surface area contributed by atoms with Crippen molar-refractivity contribution in [2.24, 2.45) is 5.73 Å². The molecule has 0 saturated heterocycles. The monoisotopic (exact) mass is 336 g/mol. The van der Waals surface area contributed by atoms with E-state index in [1.165, 1.54) is 0 Å². The van der Waals surface area contributed by atoms with Gasteiger partial charge in [-0.2, -0.15) is 0 Å². The van der Waals surface area contributed by atoms with Crippen molar-refractivity contribution in [2.75, 3.05) is 20.2 Å². The van der Waals surface area contributed by atoms with Gasteiger partial charge in [-0.05, 0) is 40.0 Å². The molecule has 0 radical (unpaired) electrons. The van der Waals surface area contributed by atoms with Crippen LogP contribution in [0.1, 0.15) is 12.0 Å². The average Bonchev–Trinajstić information content (AvgIpc) is 2.34. The molecule has 1 rings (SSSR count). The lowest BCUT2D eigenvalue weighted by Gasteiger charge is -2.06. The van der Waals surface area contributed by atoms with Gasteiger partial charge < -0.3 is 15.8 Å². The summed E-state index contributed by atoms with van der Waals surface area (Å²) in [5.41, 5.74) is 6.40. The molecule has 0 atom stereocenters. The van der Waals surface area contributed by atoms with Crippen LogP contribution in [-0.2, 0) is 11.2 Å². The van der Waals surface area contributed by atoms with Gasteiger partial charge in [0.1, 0.15) is 5.75 Å². The quantitative estimate of drug-likeness (QED) is 0.833. The number of nitrogens with two attached hydrogens (primary N) is 1. The Morgan fingerprint density at radius 1 is 1.50 bits per heavy atom. The Kier molecular flexibility index (Phi) is 8.79. The fourth-order valence-electron chi connectivity index (χ4n) is 1.42. The third-order valence-electron chi connectivity index (χ3n) is 2.32. The van der Waals surface area contributed by atoms with Gasteiger partial charge in [-0.1, -0.05) is 6.07 Å². The van der Waals surface area contributed by atoms with Crippen molar-refractivity contribution in [1.82, 2.24) is 5.32 Å². The van der Waals surface area contributed by atoms with Crippen molar-refractivity contribution in [2.45, 2.75) is 12.8 Å². The Balaban J connectivity index is 0.00000289. The van der Waals surface area contributed by atoms with Crippen molar-refractivity contribution >= 4 is 34.2 Å². The molecule has 0 aliphatic rings. The number of hydrogen-bond donors (Lipinski definition) is 2. The molecule has 1 aromatic rings. The van der Waals surface area contributed by atoms with Crippen LogP contribution in [0.5, 0.6) is 5.75 Å². The fraction of sp³-hybridized carbons (Fsp3) is 0.417. The summed E-state index contributed by atoms with van der Waals surface area (Å²) in [6, 6.07) is 5.81. The Morgan fingerprint density at radius 3 is 2.78 bits per heavy atom. The second-order valence-corrected chi connectivity index (χ2v) is 4.46. The molecule has 1 amide bonds. The SMILES string of the molecule is COc1ccc(CCC(=O)NCCN)cc1Br.Cl. The number of carbonyl (C=O) groups is 1. The van der Waals surface area contributed by atoms with Gasteiger partial charge in [0.25, 0.3) is 0 Å². The molecular weight excluding hydrogens is 320 g/mol. The van der Waals surface area contributed by atoms with E-state index in [1.54, 1.807) is 7.11 Å². The van der Waals surface area contributed by atoms with Crippen molar-refractivity contribution in [3.63, 3.8) is 0 Å². The first kappa shape index (κ1) is 17.2. The minimum Gasteiger partial charge on any atom is -0.496 e. The van der Waals surface area contributed by atoms with E-state index in [4.69, 9.17) is 10.5 Å². The second kappa shape index (κ2) is 9.19. The maximum Gasteiger partial charge on any atom is 0.220 e. The third kappa shape index (κ3) is 5.71. The van der Waals surface area contributed by atoms with E-state index >= 15 is 0 Å². The average molecular weight is 338 g/mol. The summed E-state index contributed by atoms with van der Waals surface area (Å²) in [6.07, 6.45) is 1.18. The number of methoxy groups -OCH3 is 1. The zero-order valence-electron chi connectivity index (χ0n) is 10.2. The number of nitrogens with one attached hydrogen (secondary N) is 1. The minimum atomic E-state index is 0. The van der Waals surface area contributed by atoms with Gasteiger partial charge in [0.15, 0.2) is 0 Å².